The molecule has 19 heavy (non-hydrogen) atoms. The van der Waals surface area contributed by atoms with Crippen LogP contribution in [0, 0.1) is 0 Å². The molecule has 0 saturated carbocycles. The molecule has 0 radical (unpaired) electrons. The number of aliphatic hydroxyl groups is 2. The number of hydrogen-bond acceptors (Lipinski definition) is 2. The fourth-order valence-corrected chi connectivity index (χ4v) is 2.25. The normalized spacial score (nSPS) is 13.9. The summed E-state index contributed by atoms with van der Waals surface area (Å²) < 4.78 is 0.539. The Bertz CT molecular complexity index is 158. The van der Waals surface area contributed by atoms with Crippen LogP contribution < -0.4 is 0 Å². The molecule has 2 N–H and O–H groups in total. The van der Waals surface area contributed by atoms with Crippen LogP contribution in [0.2, 0.25) is 4.71 Å². The van der Waals surface area contributed by atoms with Crippen molar-refractivity contribution in [2.45, 2.75) is 102 Å². The standard InChI is InChI=1S/C13H29AsO.C3H8O/c1-3-4-5-6-7-8-9-10-11-13(14)12(2)15;1-3(2)4/h12-13,15H,3-11,14H2,1-2H3;3-4H,1-2H3. The molecule has 0 aromatic rings. The minimum atomic E-state index is -0.167. The van der Waals surface area contributed by atoms with Gasteiger partial charge in [0, 0.05) is 6.10 Å². The number of aliphatic hydroxyl groups excluding tert-OH is 2. The Balaban J connectivity index is 0. The molecule has 0 aliphatic heterocycles. The number of rotatable bonds is 10. The van der Waals surface area contributed by atoms with Crippen LogP contribution >= 0.6 is 0 Å². The maximum atomic E-state index is 9.34. The van der Waals surface area contributed by atoms with E-state index in [2.05, 4.69) is 6.92 Å². The third kappa shape index (κ3) is 23.9. The van der Waals surface area contributed by atoms with E-state index in [9.17, 15) is 5.11 Å². The van der Waals surface area contributed by atoms with E-state index < -0.39 is 0 Å². The van der Waals surface area contributed by atoms with Gasteiger partial charge in [0.05, 0.1) is 0 Å². The molecular weight excluding hydrogens is 299 g/mol. The monoisotopic (exact) mass is 336 g/mol. The fourth-order valence-electron chi connectivity index (χ4n) is 1.76. The summed E-state index contributed by atoms with van der Waals surface area (Å²) in [6, 6.07) is 0. The second-order valence-corrected chi connectivity index (χ2v) is 7.56. The molecule has 3 heteroatoms. The minimum absolute atomic E-state index is 0.102. The van der Waals surface area contributed by atoms with E-state index in [-0.39, 0.29) is 12.2 Å². The van der Waals surface area contributed by atoms with Gasteiger partial charge in [-0.15, -0.1) is 0 Å². The van der Waals surface area contributed by atoms with Gasteiger partial charge in [0.15, 0.2) is 0 Å². The summed E-state index contributed by atoms with van der Waals surface area (Å²) in [5.41, 5.74) is 0. The van der Waals surface area contributed by atoms with Gasteiger partial charge in [0.1, 0.15) is 0 Å². The predicted molar refractivity (Wildman–Crippen MR) is 88.6 cm³/mol. The summed E-state index contributed by atoms with van der Waals surface area (Å²) in [5.74, 6) is 0. The zero-order valence-corrected chi connectivity index (χ0v) is 16.0. The Morgan fingerprint density at radius 1 is 0.789 bits per heavy atom. The van der Waals surface area contributed by atoms with Gasteiger partial charge in [0.2, 0.25) is 0 Å². The summed E-state index contributed by atoms with van der Waals surface area (Å²) in [5, 5.41) is 17.4. The molecule has 0 aliphatic carbocycles. The summed E-state index contributed by atoms with van der Waals surface area (Å²) in [6.45, 7) is 7.62. The summed E-state index contributed by atoms with van der Waals surface area (Å²) in [4.78, 5) is 0. The van der Waals surface area contributed by atoms with E-state index in [1.165, 1.54) is 57.8 Å². The van der Waals surface area contributed by atoms with Crippen molar-refractivity contribution < 1.29 is 10.2 Å². The molecule has 2 nitrogen and oxygen atoms in total. The Morgan fingerprint density at radius 2 is 1.16 bits per heavy atom. The Labute approximate surface area is 129 Å². The Kier molecular flexibility index (Phi) is 18.9. The van der Waals surface area contributed by atoms with Crippen LogP contribution in [0.15, 0.2) is 0 Å². The van der Waals surface area contributed by atoms with Crippen molar-refractivity contribution in [1.82, 2.24) is 0 Å². The molecule has 0 aromatic heterocycles. The zero-order valence-electron chi connectivity index (χ0n) is 13.6. The summed E-state index contributed by atoms with van der Waals surface area (Å²) in [7, 11) is 0. The van der Waals surface area contributed by atoms with Gasteiger partial charge in [-0.3, -0.25) is 0 Å². The van der Waals surface area contributed by atoms with Crippen molar-refractivity contribution in [3.63, 3.8) is 0 Å². The van der Waals surface area contributed by atoms with Crippen molar-refractivity contribution >= 4 is 16.9 Å². The topological polar surface area (TPSA) is 40.5 Å². The average molecular weight is 336 g/mol. The molecule has 0 saturated heterocycles. The molecular formula is C16H37AsO2. The van der Waals surface area contributed by atoms with Gasteiger partial charge in [-0.1, -0.05) is 0 Å². The number of unbranched alkanes of at least 4 members (excludes halogenated alkanes) is 7. The van der Waals surface area contributed by atoms with Crippen molar-refractivity contribution in [2.75, 3.05) is 0 Å². The molecule has 0 fully saturated rings. The van der Waals surface area contributed by atoms with Crippen LogP contribution in [0.4, 0.5) is 0 Å². The van der Waals surface area contributed by atoms with Gasteiger partial charge in [0.25, 0.3) is 0 Å². The van der Waals surface area contributed by atoms with E-state index in [4.69, 9.17) is 5.11 Å². The van der Waals surface area contributed by atoms with E-state index in [0.717, 1.165) is 0 Å². The molecule has 0 rings (SSSR count). The van der Waals surface area contributed by atoms with E-state index in [1.54, 1.807) is 30.7 Å². The molecule has 118 valence electrons. The summed E-state index contributed by atoms with van der Waals surface area (Å²) >= 11 is 1.69. The first-order valence-electron chi connectivity index (χ1n) is 8.03. The van der Waals surface area contributed by atoms with Crippen LogP contribution in [-0.4, -0.2) is 39.3 Å². The van der Waals surface area contributed by atoms with Crippen LogP contribution in [0.3, 0.4) is 0 Å². The van der Waals surface area contributed by atoms with Crippen LogP contribution in [0.5, 0.6) is 0 Å². The summed E-state index contributed by atoms with van der Waals surface area (Å²) in [6.07, 6.45) is 12.0. The third-order valence-corrected chi connectivity index (χ3v) is 4.88. The zero-order chi connectivity index (χ0) is 15.1. The molecule has 0 heterocycles. The molecule has 0 aromatic carbocycles. The van der Waals surface area contributed by atoms with Crippen molar-refractivity contribution in [1.29, 1.82) is 0 Å². The molecule has 0 bridgehead atoms. The first kappa shape index (κ1) is 21.8. The first-order valence-corrected chi connectivity index (χ1v) is 9.43. The van der Waals surface area contributed by atoms with Gasteiger partial charge in [-0.25, -0.2) is 0 Å². The predicted octanol–water partition coefficient (Wildman–Crippen LogP) is 3.71. The average Bonchev–Trinajstić information content (AvgIpc) is 2.31. The second kappa shape index (κ2) is 16.5. The molecule has 0 amide bonds. The van der Waals surface area contributed by atoms with Crippen molar-refractivity contribution in [3.05, 3.63) is 0 Å². The van der Waals surface area contributed by atoms with Crippen molar-refractivity contribution in [3.8, 4) is 0 Å². The quantitative estimate of drug-likeness (QED) is 0.472. The third-order valence-electron chi connectivity index (χ3n) is 3.01. The first-order chi connectivity index (χ1) is 8.91. The van der Waals surface area contributed by atoms with Gasteiger partial charge >= 0.3 is 104 Å². The molecule has 0 aliphatic rings. The number of hydrogen-bond donors (Lipinski definition) is 2. The Morgan fingerprint density at radius 3 is 1.53 bits per heavy atom. The SMILES string of the molecule is CC(C)O.CCCCCCCCCCC([AsH2])C(C)O. The Hall–Kier alpha value is 0.478. The maximum absolute atomic E-state index is 9.34. The molecule has 3 unspecified atom stereocenters. The van der Waals surface area contributed by atoms with E-state index in [0.29, 0.717) is 4.71 Å². The second-order valence-electron chi connectivity index (χ2n) is 5.76. The fraction of sp³-hybridized carbons (Fsp3) is 1.00. The van der Waals surface area contributed by atoms with E-state index in [1.807, 2.05) is 6.92 Å². The van der Waals surface area contributed by atoms with E-state index >= 15 is 0 Å². The molecule has 0 spiro atoms. The van der Waals surface area contributed by atoms with Crippen LogP contribution in [0.25, 0.3) is 0 Å². The molecule has 3 atom stereocenters. The van der Waals surface area contributed by atoms with Crippen LogP contribution in [-0.2, 0) is 0 Å². The van der Waals surface area contributed by atoms with Crippen LogP contribution in [0.1, 0.15) is 85.5 Å². The van der Waals surface area contributed by atoms with Gasteiger partial charge < -0.3 is 5.11 Å². The van der Waals surface area contributed by atoms with Gasteiger partial charge in [-0.05, 0) is 13.8 Å². The van der Waals surface area contributed by atoms with Crippen molar-refractivity contribution in [2.24, 2.45) is 0 Å². The van der Waals surface area contributed by atoms with Gasteiger partial charge in [-0.2, -0.15) is 0 Å².